The number of nitrogens with one attached hydrogen (secondary N) is 1. The van der Waals surface area contributed by atoms with Gasteiger partial charge < -0.3 is 15.0 Å². The number of hydrogen-bond acceptors (Lipinski definition) is 3. The molecule has 0 aromatic heterocycles. The van der Waals surface area contributed by atoms with Crippen LogP contribution in [0, 0.1) is 13.8 Å². The summed E-state index contributed by atoms with van der Waals surface area (Å²) in [6.07, 6.45) is 2.07. The third-order valence-electron chi connectivity index (χ3n) is 5.55. The second kappa shape index (κ2) is 12.1. The van der Waals surface area contributed by atoms with Gasteiger partial charge in [-0.2, -0.15) is 0 Å². The molecule has 0 saturated heterocycles. The van der Waals surface area contributed by atoms with E-state index >= 15 is 0 Å². The molecule has 0 bridgehead atoms. The van der Waals surface area contributed by atoms with E-state index in [1.807, 2.05) is 83.1 Å². The third-order valence-corrected chi connectivity index (χ3v) is 5.55. The Bertz CT molecular complexity index is 851. The van der Waals surface area contributed by atoms with Gasteiger partial charge in [0.25, 0.3) is 5.91 Å². The molecule has 2 rings (SSSR count). The van der Waals surface area contributed by atoms with E-state index in [4.69, 9.17) is 4.74 Å². The lowest BCUT2D eigenvalue weighted by atomic mass is 10.1. The van der Waals surface area contributed by atoms with Crippen molar-refractivity contribution >= 4 is 11.8 Å². The Hall–Kier alpha value is -2.82. The van der Waals surface area contributed by atoms with Crippen LogP contribution in [-0.4, -0.2) is 41.9 Å². The highest BCUT2D eigenvalue weighted by Gasteiger charge is 2.29. The molecule has 168 valence electrons. The first-order valence-electron chi connectivity index (χ1n) is 11.2. The molecule has 0 spiro atoms. The summed E-state index contributed by atoms with van der Waals surface area (Å²) in [7, 11) is 0. The summed E-state index contributed by atoms with van der Waals surface area (Å²) in [5.41, 5.74) is 3.27. The molecule has 2 aromatic rings. The van der Waals surface area contributed by atoms with Gasteiger partial charge in [0.1, 0.15) is 11.8 Å². The third kappa shape index (κ3) is 7.42. The Labute approximate surface area is 186 Å². The first-order valence-corrected chi connectivity index (χ1v) is 11.2. The van der Waals surface area contributed by atoms with E-state index in [1.165, 1.54) is 0 Å². The fourth-order valence-corrected chi connectivity index (χ4v) is 3.52. The molecule has 2 amide bonds. The summed E-state index contributed by atoms with van der Waals surface area (Å²) in [6, 6.07) is 15.4. The number of benzene rings is 2. The van der Waals surface area contributed by atoms with Gasteiger partial charge in [-0.3, -0.25) is 9.59 Å². The van der Waals surface area contributed by atoms with Crippen molar-refractivity contribution in [2.45, 2.75) is 66.0 Å². The minimum atomic E-state index is -0.520. The number of nitrogens with zero attached hydrogens (tertiary/aromatic N) is 1. The number of aryl methyl sites for hydroxylation is 2. The number of carbonyl (C=O) groups is 2. The summed E-state index contributed by atoms with van der Waals surface area (Å²) >= 11 is 0. The minimum absolute atomic E-state index is 0.0686. The average Bonchev–Trinajstić information content (AvgIpc) is 2.76. The predicted octanol–water partition coefficient (Wildman–Crippen LogP) is 4.45. The van der Waals surface area contributed by atoms with Crippen LogP contribution in [0.4, 0.5) is 0 Å². The molecule has 31 heavy (non-hydrogen) atoms. The maximum absolute atomic E-state index is 13.2. The topological polar surface area (TPSA) is 58.6 Å². The summed E-state index contributed by atoms with van der Waals surface area (Å²) in [4.78, 5) is 27.8. The van der Waals surface area contributed by atoms with Crippen molar-refractivity contribution in [2.75, 3.05) is 13.2 Å². The zero-order chi connectivity index (χ0) is 22.8. The molecule has 0 radical (unpaired) electrons. The normalized spacial score (nSPS) is 12.7. The van der Waals surface area contributed by atoms with Gasteiger partial charge >= 0.3 is 0 Å². The minimum Gasteiger partial charge on any atom is -0.483 e. The van der Waals surface area contributed by atoms with Crippen molar-refractivity contribution in [3.63, 3.8) is 0 Å². The smallest absolute Gasteiger partial charge is 0.261 e. The van der Waals surface area contributed by atoms with Gasteiger partial charge in [0.2, 0.25) is 5.91 Å². The van der Waals surface area contributed by atoms with Crippen LogP contribution in [0.3, 0.4) is 0 Å². The van der Waals surface area contributed by atoms with Gasteiger partial charge in [0.15, 0.2) is 6.61 Å². The van der Waals surface area contributed by atoms with Crippen molar-refractivity contribution in [2.24, 2.45) is 0 Å². The molecule has 0 aliphatic carbocycles. The van der Waals surface area contributed by atoms with E-state index < -0.39 is 6.04 Å². The number of amides is 2. The lowest BCUT2D eigenvalue weighted by molar-refractivity contribution is -0.142. The Balaban J connectivity index is 2.15. The summed E-state index contributed by atoms with van der Waals surface area (Å²) in [5.74, 6) is 0.408. The molecule has 5 nitrogen and oxygen atoms in total. The van der Waals surface area contributed by atoms with Crippen LogP contribution < -0.4 is 10.1 Å². The van der Waals surface area contributed by atoms with Crippen LogP contribution in [0.25, 0.3) is 0 Å². The quantitative estimate of drug-likeness (QED) is 0.580. The van der Waals surface area contributed by atoms with Gasteiger partial charge in [-0.05, 0) is 57.2 Å². The molecule has 0 aliphatic heterocycles. The van der Waals surface area contributed by atoms with Crippen LogP contribution >= 0.6 is 0 Å². The highest BCUT2D eigenvalue weighted by Crippen LogP contribution is 2.19. The lowest BCUT2D eigenvalue weighted by Crippen LogP contribution is -2.52. The SMILES string of the molecule is CC[C@H](C)NC(=O)[C@H](CC)N(CCc1ccccc1)C(=O)COc1ccc(C)cc1C. The van der Waals surface area contributed by atoms with Crippen molar-refractivity contribution in [1.82, 2.24) is 10.2 Å². The largest absolute Gasteiger partial charge is 0.483 e. The number of hydrogen-bond donors (Lipinski definition) is 1. The molecule has 2 atom stereocenters. The van der Waals surface area contributed by atoms with Crippen LogP contribution in [0.5, 0.6) is 5.75 Å². The molecule has 0 saturated carbocycles. The standard InChI is InChI=1S/C26H36N2O3/c1-6-21(5)27-26(30)23(7-2)28(16-15-22-11-9-8-10-12-22)25(29)18-31-24-14-13-19(3)17-20(24)4/h8-14,17,21,23H,6-7,15-16,18H2,1-5H3,(H,27,30)/t21-,23-/m0/s1. The molecule has 0 unspecified atom stereocenters. The monoisotopic (exact) mass is 424 g/mol. The molecule has 5 heteroatoms. The van der Waals surface area contributed by atoms with Crippen LogP contribution in [0.15, 0.2) is 48.5 Å². The fourth-order valence-electron chi connectivity index (χ4n) is 3.52. The molecular weight excluding hydrogens is 388 g/mol. The molecule has 0 fully saturated rings. The molecular formula is C26H36N2O3. The zero-order valence-corrected chi connectivity index (χ0v) is 19.5. The van der Waals surface area contributed by atoms with E-state index in [-0.39, 0.29) is 24.5 Å². The van der Waals surface area contributed by atoms with Gasteiger partial charge in [-0.25, -0.2) is 0 Å². The second-order valence-electron chi connectivity index (χ2n) is 8.12. The Kier molecular flexibility index (Phi) is 9.57. The van der Waals surface area contributed by atoms with E-state index in [2.05, 4.69) is 5.32 Å². The van der Waals surface area contributed by atoms with Crippen molar-refractivity contribution in [3.05, 3.63) is 65.2 Å². The molecule has 0 aliphatic rings. The molecule has 1 N–H and O–H groups in total. The van der Waals surface area contributed by atoms with Crippen LogP contribution in [0.1, 0.15) is 50.3 Å². The van der Waals surface area contributed by atoms with E-state index in [9.17, 15) is 9.59 Å². The Morgan fingerprint density at radius 3 is 2.35 bits per heavy atom. The Morgan fingerprint density at radius 1 is 1.03 bits per heavy atom. The average molecular weight is 425 g/mol. The maximum atomic E-state index is 13.2. The number of ether oxygens (including phenoxy) is 1. The van der Waals surface area contributed by atoms with Gasteiger partial charge in [0, 0.05) is 12.6 Å². The van der Waals surface area contributed by atoms with Crippen molar-refractivity contribution in [3.8, 4) is 5.75 Å². The highest BCUT2D eigenvalue weighted by atomic mass is 16.5. The van der Waals surface area contributed by atoms with E-state index in [1.54, 1.807) is 4.90 Å². The lowest BCUT2D eigenvalue weighted by Gasteiger charge is -2.31. The summed E-state index contributed by atoms with van der Waals surface area (Å²) in [6.45, 7) is 10.3. The number of rotatable bonds is 11. The molecule has 2 aromatic carbocycles. The second-order valence-corrected chi connectivity index (χ2v) is 8.12. The predicted molar refractivity (Wildman–Crippen MR) is 125 cm³/mol. The van der Waals surface area contributed by atoms with Gasteiger partial charge in [-0.15, -0.1) is 0 Å². The van der Waals surface area contributed by atoms with Gasteiger partial charge in [-0.1, -0.05) is 61.9 Å². The highest BCUT2D eigenvalue weighted by molar-refractivity contribution is 5.88. The zero-order valence-electron chi connectivity index (χ0n) is 19.5. The van der Waals surface area contributed by atoms with Gasteiger partial charge in [0.05, 0.1) is 0 Å². The first-order chi connectivity index (χ1) is 14.8. The van der Waals surface area contributed by atoms with Crippen LogP contribution in [0.2, 0.25) is 0 Å². The van der Waals surface area contributed by atoms with Crippen molar-refractivity contribution < 1.29 is 14.3 Å². The number of carbonyl (C=O) groups excluding carboxylic acids is 2. The maximum Gasteiger partial charge on any atom is 0.261 e. The Morgan fingerprint density at radius 2 is 1.74 bits per heavy atom. The molecule has 0 heterocycles. The van der Waals surface area contributed by atoms with E-state index in [0.29, 0.717) is 25.1 Å². The summed E-state index contributed by atoms with van der Waals surface area (Å²) in [5, 5.41) is 3.03. The summed E-state index contributed by atoms with van der Waals surface area (Å²) < 4.78 is 5.84. The fraction of sp³-hybridized carbons (Fsp3) is 0.462. The first kappa shape index (κ1) is 24.4. The van der Waals surface area contributed by atoms with Crippen LogP contribution in [-0.2, 0) is 16.0 Å². The van der Waals surface area contributed by atoms with Crippen molar-refractivity contribution in [1.29, 1.82) is 0 Å². The van der Waals surface area contributed by atoms with E-state index in [0.717, 1.165) is 23.1 Å².